The van der Waals surface area contributed by atoms with Gasteiger partial charge >= 0.3 is 0 Å². The molecule has 0 aromatic heterocycles. The SMILES string of the molecule is C1=CC2=C3NCNCC3CN2CC1. The van der Waals surface area contributed by atoms with Crippen molar-refractivity contribution in [3.63, 3.8) is 0 Å². The first-order valence-electron chi connectivity index (χ1n) is 5.05. The van der Waals surface area contributed by atoms with Gasteiger partial charge in [0.05, 0.1) is 12.4 Å². The topological polar surface area (TPSA) is 27.3 Å². The molecule has 0 aromatic carbocycles. The minimum atomic E-state index is 0.700. The summed E-state index contributed by atoms with van der Waals surface area (Å²) in [7, 11) is 0. The van der Waals surface area contributed by atoms with Crippen LogP contribution in [-0.4, -0.2) is 31.2 Å². The minimum Gasteiger partial charge on any atom is -0.374 e. The number of rotatable bonds is 0. The van der Waals surface area contributed by atoms with Crippen LogP contribution in [-0.2, 0) is 0 Å². The van der Waals surface area contributed by atoms with E-state index in [2.05, 4.69) is 27.7 Å². The first-order chi connectivity index (χ1) is 6.45. The molecule has 70 valence electrons. The van der Waals surface area contributed by atoms with Gasteiger partial charge in [-0.1, -0.05) is 6.08 Å². The van der Waals surface area contributed by atoms with Crippen LogP contribution in [0, 0.1) is 5.92 Å². The van der Waals surface area contributed by atoms with Gasteiger partial charge in [0.15, 0.2) is 0 Å². The Labute approximate surface area is 78.5 Å². The normalized spacial score (nSPS) is 31.4. The zero-order valence-electron chi connectivity index (χ0n) is 7.71. The smallest absolute Gasteiger partial charge is 0.0651 e. The van der Waals surface area contributed by atoms with Crippen LogP contribution in [0.3, 0.4) is 0 Å². The van der Waals surface area contributed by atoms with E-state index >= 15 is 0 Å². The van der Waals surface area contributed by atoms with E-state index in [-0.39, 0.29) is 0 Å². The third-order valence-electron chi connectivity index (χ3n) is 3.10. The Morgan fingerprint density at radius 3 is 3.46 bits per heavy atom. The van der Waals surface area contributed by atoms with Gasteiger partial charge in [-0.3, -0.25) is 5.32 Å². The van der Waals surface area contributed by atoms with Gasteiger partial charge in [0.2, 0.25) is 0 Å². The highest BCUT2D eigenvalue weighted by Gasteiger charge is 2.32. The van der Waals surface area contributed by atoms with E-state index in [4.69, 9.17) is 0 Å². The second-order valence-electron chi connectivity index (χ2n) is 3.94. The Bertz CT molecular complexity index is 280. The molecule has 1 saturated heterocycles. The van der Waals surface area contributed by atoms with Crippen molar-refractivity contribution in [2.45, 2.75) is 6.42 Å². The maximum atomic E-state index is 3.46. The maximum absolute atomic E-state index is 3.46. The number of nitrogens with one attached hydrogen (secondary N) is 2. The molecule has 0 amide bonds. The minimum absolute atomic E-state index is 0.700. The molecule has 3 heterocycles. The van der Waals surface area contributed by atoms with E-state index in [0.29, 0.717) is 5.92 Å². The van der Waals surface area contributed by atoms with Crippen LogP contribution in [0.1, 0.15) is 6.42 Å². The lowest BCUT2D eigenvalue weighted by Crippen LogP contribution is -2.42. The molecular formula is C10H15N3. The molecule has 0 bridgehead atoms. The molecule has 0 aromatic rings. The molecule has 2 N–H and O–H groups in total. The number of hydrogen-bond acceptors (Lipinski definition) is 3. The van der Waals surface area contributed by atoms with Crippen molar-refractivity contribution in [2.75, 3.05) is 26.3 Å². The molecule has 3 heteroatoms. The van der Waals surface area contributed by atoms with Crippen LogP contribution in [0.5, 0.6) is 0 Å². The third kappa shape index (κ3) is 1.07. The quantitative estimate of drug-likeness (QED) is 0.555. The Hall–Kier alpha value is -0.960. The Morgan fingerprint density at radius 1 is 1.46 bits per heavy atom. The molecule has 3 rings (SSSR count). The summed E-state index contributed by atoms with van der Waals surface area (Å²) < 4.78 is 0. The summed E-state index contributed by atoms with van der Waals surface area (Å²) in [5, 5.41) is 6.83. The largest absolute Gasteiger partial charge is 0.374 e. The van der Waals surface area contributed by atoms with Gasteiger partial charge in [-0.05, 0) is 12.5 Å². The summed E-state index contributed by atoms with van der Waals surface area (Å²) in [6.07, 6.45) is 5.76. The average Bonchev–Trinajstić information content (AvgIpc) is 2.56. The van der Waals surface area contributed by atoms with Crippen molar-refractivity contribution in [2.24, 2.45) is 5.92 Å². The van der Waals surface area contributed by atoms with Crippen molar-refractivity contribution < 1.29 is 0 Å². The monoisotopic (exact) mass is 177 g/mol. The second kappa shape index (κ2) is 2.77. The number of fused-ring (bicyclic) bond motifs is 2. The summed E-state index contributed by atoms with van der Waals surface area (Å²) in [6, 6.07) is 0. The van der Waals surface area contributed by atoms with Crippen LogP contribution >= 0.6 is 0 Å². The highest BCUT2D eigenvalue weighted by molar-refractivity contribution is 5.33. The van der Waals surface area contributed by atoms with E-state index in [1.165, 1.54) is 30.9 Å². The molecule has 0 aliphatic carbocycles. The molecular weight excluding hydrogens is 162 g/mol. The number of hydrogen-bond donors (Lipinski definition) is 2. The molecule has 0 saturated carbocycles. The lowest BCUT2D eigenvalue weighted by atomic mass is 10.1. The summed E-state index contributed by atoms with van der Waals surface area (Å²) in [5.74, 6) is 0.700. The highest BCUT2D eigenvalue weighted by atomic mass is 15.2. The Kier molecular flexibility index (Phi) is 1.59. The molecule has 1 fully saturated rings. The van der Waals surface area contributed by atoms with Gasteiger partial charge in [-0.25, -0.2) is 0 Å². The molecule has 1 atom stereocenters. The third-order valence-corrected chi connectivity index (χ3v) is 3.10. The van der Waals surface area contributed by atoms with Crippen molar-refractivity contribution in [3.8, 4) is 0 Å². The van der Waals surface area contributed by atoms with Gasteiger partial charge in [-0.2, -0.15) is 0 Å². The fraction of sp³-hybridized carbons (Fsp3) is 0.600. The van der Waals surface area contributed by atoms with Gasteiger partial charge in [0, 0.05) is 31.2 Å². The summed E-state index contributed by atoms with van der Waals surface area (Å²) in [4.78, 5) is 2.50. The molecule has 3 aliphatic heterocycles. The number of allylic oxidation sites excluding steroid dienone is 1. The zero-order chi connectivity index (χ0) is 8.67. The van der Waals surface area contributed by atoms with Crippen molar-refractivity contribution in [1.82, 2.24) is 15.5 Å². The Morgan fingerprint density at radius 2 is 2.46 bits per heavy atom. The van der Waals surface area contributed by atoms with Crippen molar-refractivity contribution in [1.29, 1.82) is 0 Å². The number of nitrogens with zero attached hydrogens (tertiary/aromatic N) is 1. The summed E-state index contributed by atoms with van der Waals surface area (Å²) in [6.45, 7) is 4.47. The molecule has 1 unspecified atom stereocenters. The maximum Gasteiger partial charge on any atom is 0.0651 e. The molecule has 3 aliphatic rings. The van der Waals surface area contributed by atoms with Crippen LogP contribution in [0.15, 0.2) is 23.5 Å². The highest BCUT2D eigenvalue weighted by Crippen LogP contribution is 2.30. The fourth-order valence-corrected chi connectivity index (χ4v) is 2.47. The van der Waals surface area contributed by atoms with Gasteiger partial charge in [-0.15, -0.1) is 0 Å². The van der Waals surface area contributed by atoms with E-state index in [1.54, 1.807) is 0 Å². The van der Waals surface area contributed by atoms with E-state index in [1.807, 2.05) is 0 Å². The van der Waals surface area contributed by atoms with Gasteiger partial charge < -0.3 is 10.2 Å². The van der Waals surface area contributed by atoms with E-state index in [0.717, 1.165) is 13.2 Å². The van der Waals surface area contributed by atoms with E-state index < -0.39 is 0 Å². The first kappa shape index (κ1) is 7.44. The summed E-state index contributed by atoms with van der Waals surface area (Å²) in [5.41, 5.74) is 2.91. The van der Waals surface area contributed by atoms with Gasteiger partial charge in [0.1, 0.15) is 0 Å². The fourth-order valence-electron chi connectivity index (χ4n) is 2.47. The van der Waals surface area contributed by atoms with E-state index in [9.17, 15) is 0 Å². The first-order valence-corrected chi connectivity index (χ1v) is 5.05. The van der Waals surface area contributed by atoms with Crippen molar-refractivity contribution >= 4 is 0 Å². The average molecular weight is 177 g/mol. The molecule has 0 radical (unpaired) electrons. The predicted octanol–water partition coefficient (Wildman–Crippen LogP) is 0.240. The molecule has 13 heavy (non-hydrogen) atoms. The zero-order valence-corrected chi connectivity index (χ0v) is 7.71. The van der Waals surface area contributed by atoms with Crippen LogP contribution in [0.4, 0.5) is 0 Å². The lowest BCUT2D eigenvalue weighted by Gasteiger charge is -2.23. The second-order valence-corrected chi connectivity index (χ2v) is 3.94. The molecule has 3 nitrogen and oxygen atoms in total. The van der Waals surface area contributed by atoms with Crippen LogP contribution in [0.25, 0.3) is 0 Å². The summed E-state index contributed by atoms with van der Waals surface area (Å²) >= 11 is 0. The van der Waals surface area contributed by atoms with Crippen molar-refractivity contribution in [3.05, 3.63) is 23.5 Å². The van der Waals surface area contributed by atoms with Crippen LogP contribution < -0.4 is 10.6 Å². The van der Waals surface area contributed by atoms with Gasteiger partial charge in [0.25, 0.3) is 0 Å². The predicted molar refractivity (Wildman–Crippen MR) is 51.9 cm³/mol. The lowest BCUT2D eigenvalue weighted by molar-refractivity contribution is 0.336. The molecule has 0 spiro atoms. The Balaban J connectivity index is 1.96. The van der Waals surface area contributed by atoms with Crippen LogP contribution in [0.2, 0.25) is 0 Å². The standard InChI is InChI=1S/C10H15N3/c1-2-4-13-6-8-5-11-7-12-10(8)9(13)3-1/h1,3,8,11-12H,2,4-7H2.